The normalized spacial score (nSPS) is 24.8. The number of hydrogen-bond acceptors (Lipinski definition) is 8. The number of rotatable bonds is 7. The van der Waals surface area contributed by atoms with E-state index in [1.807, 2.05) is 36.4 Å². The van der Waals surface area contributed by atoms with Crippen LogP contribution in [0.3, 0.4) is 0 Å². The molecule has 12 heteroatoms. The minimum atomic E-state index is -1.08. The number of carbonyl (C=O) groups is 5. The van der Waals surface area contributed by atoms with Crippen LogP contribution in [-0.4, -0.2) is 94.5 Å². The third-order valence-electron chi connectivity index (χ3n) is 8.81. The van der Waals surface area contributed by atoms with Crippen molar-refractivity contribution in [2.45, 2.75) is 69.5 Å². The molecule has 4 amide bonds. The van der Waals surface area contributed by atoms with E-state index >= 15 is 0 Å². The first-order chi connectivity index (χ1) is 22.3. The fourth-order valence-electron chi connectivity index (χ4n) is 6.61. The lowest BCUT2D eigenvalue weighted by Crippen LogP contribution is -2.69. The Labute approximate surface area is 266 Å². The van der Waals surface area contributed by atoms with E-state index in [0.717, 1.165) is 11.8 Å². The number of amides is 4. The van der Waals surface area contributed by atoms with Crippen molar-refractivity contribution in [1.29, 1.82) is 0 Å². The maximum atomic E-state index is 14.4. The van der Waals surface area contributed by atoms with Gasteiger partial charge in [0.1, 0.15) is 23.8 Å². The van der Waals surface area contributed by atoms with Gasteiger partial charge in [-0.25, -0.2) is 0 Å². The van der Waals surface area contributed by atoms with Crippen LogP contribution in [0.5, 0.6) is 0 Å². The number of fused-ring (bicyclic) bond motifs is 2. The first kappa shape index (κ1) is 31.2. The van der Waals surface area contributed by atoms with Gasteiger partial charge in [-0.2, -0.15) is 0 Å². The van der Waals surface area contributed by atoms with Crippen molar-refractivity contribution < 1.29 is 33.4 Å². The number of benzene rings is 2. The van der Waals surface area contributed by atoms with Gasteiger partial charge in [0.25, 0.3) is 11.8 Å². The van der Waals surface area contributed by atoms with Gasteiger partial charge >= 0.3 is 5.97 Å². The number of aromatic nitrogens is 1. The Hall–Kier alpha value is -4.84. The predicted molar refractivity (Wildman–Crippen MR) is 166 cm³/mol. The molecule has 240 valence electrons. The van der Waals surface area contributed by atoms with E-state index in [1.165, 1.54) is 4.90 Å². The van der Waals surface area contributed by atoms with Crippen LogP contribution in [0.25, 0.3) is 10.8 Å². The molecule has 0 bridgehead atoms. The van der Waals surface area contributed by atoms with E-state index in [-0.39, 0.29) is 37.7 Å². The van der Waals surface area contributed by atoms with Gasteiger partial charge in [0.15, 0.2) is 0 Å². The number of cyclic esters (lactones) is 1. The van der Waals surface area contributed by atoms with Gasteiger partial charge in [0, 0.05) is 30.3 Å². The summed E-state index contributed by atoms with van der Waals surface area (Å²) in [5.41, 5.74) is 0.691. The zero-order valence-electron chi connectivity index (χ0n) is 25.6. The second-order valence-corrected chi connectivity index (χ2v) is 11.8. The summed E-state index contributed by atoms with van der Waals surface area (Å²) in [6.07, 6.45) is 2.89. The average molecular weight is 628 g/mol. The number of hydrogen-bond donors (Lipinski definition) is 2. The molecule has 12 nitrogen and oxygen atoms in total. The molecule has 2 aromatic carbocycles. The van der Waals surface area contributed by atoms with Gasteiger partial charge in [-0.1, -0.05) is 55.3 Å². The van der Waals surface area contributed by atoms with E-state index < -0.39 is 54.1 Å². The van der Waals surface area contributed by atoms with Crippen LogP contribution < -0.4 is 10.6 Å². The maximum Gasteiger partial charge on any atom is 0.310 e. The minimum Gasteiger partial charge on any atom is -0.433 e. The highest BCUT2D eigenvalue weighted by Gasteiger charge is 2.47. The van der Waals surface area contributed by atoms with Crippen molar-refractivity contribution in [3.05, 3.63) is 78.1 Å². The summed E-state index contributed by atoms with van der Waals surface area (Å²) in [6, 6.07) is 14.8. The van der Waals surface area contributed by atoms with Crippen molar-refractivity contribution in [3.8, 4) is 0 Å². The SMILES string of the molecule is CCOC1OC(=O)CC1NC(=O)[C@@H]1CN(C(=O)c2ccccc2)C[C@@H]2CCCC[C@H](NC(=O)c3nccc4ccccc34)C(=O)N21. The number of nitrogens with zero attached hydrogens (tertiary/aromatic N) is 3. The van der Waals surface area contributed by atoms with Crippen LogP contribution in [0.2, 0.25) is 0 Å². The van der Waals surface area contributed by atoms with Gasteiger partial charge in [-0.05, 0) is 43.4 Å². The highest BCUT2D eigenvalue weighted by molar-refractivity contribution is 6.06. The molecule has 6 rings (SSSR count). The van der Waals surface area contributed by atoms with Crippen molar-refractivity contribution in [1.82, 2.24) is 25.4 Å². The molecule has 46 heavy (non-hydrogen) atoms. The molecule has 2 unspecified atom stereocenters. The van der Waals surface area contributed by atoms with Crippen LogP contribution in [0.4, 0.5) is 0 Å². The van der Waals surface area contributed by atoms with E-state index in [0.29, 0.717) is 30.2 Å². The Balaban J connectivity index is 1.29. The zero-order valence-corrected chi connectivity index (χ0v) is 25.6. The maximum absolute atomic E-state index is 14.4. The third-order valence-corrected chi connectivity index (χ3v) is 8.81. The molecule has 0 radical (unpaired) electrons. The average Bonchev–Trinajstić information content (AvgIpc) is 3.42. The van der Waals surface area contributed by atoms with Gasteiger partial charge in [0.05, 0.1) is 19.0 Å². The summed E-state index contributed by atoms with van der Waals surface area (Å²) in [7, 11) is 0. The Kier molecular flexibility index (Phi) is 9.25. The topological polar surface area (TPSA) is 147 Å². The van der Waals surface area contributed by atoms with Crippen molar-refractivity contribution in [2.24, 2.45) is 0 Å². The molecule has 1 aromatic heterocycles. The number of esters is 1. The number of piperazine rings is 1. The molecule has 2 N–H and O–H groups in total. The highest BCUT2D eigenvalue weighted by Crippen LogP contribution is 2.28. The Morgan fingerprint density at radius 1 is 0.957 bits per heavy atom. The lowest BCUT2D eigenvalue weighted by molar-refractivity contribution is -0.165. The van der Waals surface area contributed by atoms with Crippen LogP contribution in [0, 0.1) is 0 Å². The van der Waals surface area contributed by atoms with Crippen LogP contribution >= 0.6 is 0 Å². The number of pyridine rings is 1. The molecular formula is C34H37N5O7. The molecule has 3 aromatic rings. The molecule has 3 fully saturated rings. The fourth-order valence-corrected chi connectivity index (χ4v) is 6.61. The largest absolute Gasteiger partial charge is 0.433 e. The number of nitrogens with one attached hydrogen (secondary N) is 2. The monoisotopic (exact) mass is 627 g/mol. The second-order valence-electron chi connectivity index (χ2n) is 11.8. The minimum absolute atomic E-state index is 0.0613. The molecule has 0 aliphatic carbocycles. The molecule has 3 aliphatic rings. The van der Waals surface area contributed by atoms with Crippen molar-refractivity contribution in [3.63, 3.8) is 0 Å². The summed E-state index contributed by atoms with van der Waals surface area (Å²) in [6.45, 7) is 2.20. The highest BCUT2D eigenvalue weighted by atomic mass is 16.7. The van der Waals surface area contributed by atoms with E-state index in [2.05, 4.69) is 15.6 Å². The van der Waals surface area contributed by atoms with E-state index in [1.54, 1.807) is 42.3 Å². The first-order valence-corrected chi connectivity index (χ1v) is 15.8. The fraction of sp³-hybridized carbons (Fsp3) is 0.412. The lowest BCUT2D eigenvalue weighted by Gasteiger charge is -2.48. The summed E-state index contributed by atoms with van der Waals surface area (Å²) >= 11 is 0. The van der Waals surface area contributed by atoms with Crippen LogP contribution in [-0.2, 0) is 23.9 Å². The summed E-state index contributed by atoms with van der Waals surface area (Å²) in [5, 5.41) is 7.29. The predicted octanol–water partition coefficient (Wildman–Crippen LogP) is 2.42. The Morgan fingerprint density at radius 2 is 1.72 bits per heavy atom. The van der Waals surface area contributed by atoms with Crippen molar-refractivity contribution in [2.75, 3.05) is 19.7 Å². The van der Waals surface area contributed by atoms with E-state index in [4.69, 9.17) is 9.47 Å². The first-order valence-electron chi connectivity index (χ1n) is 15.8. The third kappa shape index (κ3) is 6.43. The molecule has 3 aliphatic heterocycles. The van der Waals surface area contributed by atoms with Crippen molar-refractivity contribution >= 4 is 40.4 Å². The quantitative estimate of drug-likeness (QED) is 0.380. The number of carbonyl (C=O) groups excluding carboxylic acids is 5. The van der Waals surface area contributed by atoms with Gasteiger partial charge in [-0.3, -0.25) is 29.0 Å². The standard InChI is InChI=1S/C34H37N5O7/c1-2-45-34-26(18-28(40)46-34)37-30(41)27-20-38(32(43)22-11-4-3-5-12-22)19-23-13-7-9-15-25(33(44)39(23)27)36-31(42)29-24-14-8-6-10-21(24)16-17-35-29/h3-6,8,10-12,14,16-17,23,25-27,34H,2,7,9,13,15,18-20H2,1H3,(H,36,42)(H,37,41)/t23-,25-,26?,27-,34?/m0/s1. The van der Waals surface area contributed by atoms with Gasteiger partial charge in [-0.15, -0.1) is 0 Å². The Bertz CT molecular complexity index is 1630. The molecule has 5 atom stereocenters. The summed E-state index contributed by atoms with van der Waals surface area (Å²) in [5.74, 6) is -2.15. The summed E-state index contributed by atoms with van der Waals surface area (Å²) in [4.78, 5) is 75.2. The van der Waals surface area contributed by atoms with Crippen LogP contribution in [0.1, 0.15) is 59.9 Å². The summed E-state index contributed by atoms with van der Waals surface area (Å²) < 4.78 is 10.8. The Morgan fingerprint density at radius 3 is 2.52 bits per heavy atom. The van der Waals surface area contributed by atoms with E-state index in [9.17, 15) is 24.0 Å². The molecule has 0 saturated carbocycles. The molecule has 4 heterocycles. The molecule has 0 spiro atoms. The van der Waals surface area contributed by atoms with Crippen LogP contribution in [0.15, 0.2) is 66.9 Å². The molecule has 3 saturated heterocycles. The van der Waals surface area contributed by atoms with Gasteiger partial charge in [0.2, 0.25) is 18.1 Å². The smallest absolute Gasteiger partial charge is 0.310 e. The molecular weight excluding hydrogens is 590 g/mol. The number of ether oxygens (including phenoxy) is 2. The second kappa shape index (κ2) is 13.7. The van der Waals surface area contributed by atoms with Gasteiger partial charge < -0.3 is 29.9 Å². The zero-order chi connectivity index (χ0) is 32.2. The lowest BCUT2D eigenvalue weighted by atomic mass is 9.93.